The molecular formula is C24H21FN6O2S. The average Bonchev–Trinajstić information content (AvgIpc) is 3.28. The van der Waals surface area contributed by atoms with Gasteiger partial charge < -0.3 is 0 Å². The Morgan fingerprint density at radius 1 is 0.941 bits per heavy atom. The van der Waals surface area contributed by atoms with Crippen molar-refractivity contribution in [3.05, 3.63) is 89.5 Å². The number of aromatic nitrogens is 4. The summed E-state index contributed by atoms with van der Waals surface area (Å²) >= 11 is 1.19. The van der Waals surface area contributed by atoms with Crippen LogP contribution in [0.15, 0.2) is 72.1 Å². The third kappa shape index (κ3) is 5.29. The maximum atomic E-state index is 13.0. The number of rotatable bonds is 6. The quantitative estimate of drug-likeness (QED) is 0.325. The Hall–Kier alpha value is -4.05. The molecule has 8 nitrogen and oxygen atoms in total. The molecule has 10 heteroatoms. The molecule has 0 aliphatic rings. The summed E-state index contributed by atoms with van der Waals surface area (Å²) in [5, 5.41) is 9.17. The number of aryl methyl sites for hydroxylation is 2. The second-order valence-corrected chi connectivity index (χ2v) is 8.39. The molecule has 4 rings (SSSR count). The van der Waals surface area contributed by atoms with Gasteiger partial charge in [0.1, 0.15) is 5.82 Å². The lowest BCUT2D eigenvalue weighted by Gasteiger charge is -2.12. The zero-order valence-corrected chi connectivity index (χ0v) is 19.3. The molecule has 0 spiro atoms. The van der Waals surface area contributed by atoms with Gasteiger partial charge in [-0.25, -0.2) is 4.39 Å². The standard InChI is InChI=1S/C24H21FN6O2S/c1-15-3-8-20(13-16(15)2)31-22(17-9-11-26-12-10-17)28-30-24(31)34-14-21(32)27-29-23(33)18-4-6-19(25)7-5-18/h3-13H,14H2,1-2H3,(H,27,32)(H,29,33). The Bertz CT molecular complexity index is 1330. The summed E-state index contributed by atoms with van der Waals surface area (Å²) in [6.07, 6.45) is 3.36. The van der Waals surface area contributed by atoms with Gasteiger partial charge in [0.15, 0.2) is 11.0 Å². The number of hydrogen-bond acceptors (Lipinski definition) is 6. The van der Waals surface area contributed by atoms with Crippen molar-refractivity contribution in [2.75, 3.05) is 5.75 Å². The van der Waals surface area contributed by atoms with Gasteiger partial charge in [-0.1, -0.05) is 17.8 Å². The van der Waals surface area contributed by atoms with Gasteiger partial charge in [-0.3, -0.25) is 30.0 Å². The van der Waals surface area contributed by atoms with Crippen LogP contribution in [0.4, 0.5) is 4.39 Å². The largest absolute Gasteiger partial charge is 0.272 e. The molecule has 34 heavy (non-hydrogen) atoms. The van der Waals surface area contributed by atoms with E-state index in [2.05, 4.69) is 26.0 Å². The Morgan fingerprint density at radius 3 is 2.38 bits per heavy atom. The summed E-state index contributed by atoms with van der Waals surface area (Å²) in [7, 11) is 0. The Balaban J connectivity index is 1.49. The lowest BCUT2D eigenvalue weighted by Crippen LogP contribution is -2.42. The predicted octanol–water partition coefficient (Wildman–Crippen LogP) is 3.64. The molecule has 0 atom stereocenters. The average molecular weight is 477 g/mol. The highest BCUT2D eigenvalue weighted by molar-refractivity contribution is 7.99. The van der Waals surface area contributed by atoms with E-state index in [0.717, 1.165) is 22.4 Å². The van der Waals surface area contributed by atoms with Gasteiger partial charge in [0.2, 0.25) is 5.91 Å². The van der Waals surface area contributed by atoms with Gasteiger partial charge in [0.25, 0.3) is 5.91 Å². The summed E-state index contributed by atoms with van der Waals surface area (Å²) in [6, 6.07) is 14.7. The Labute approximate surface area is 199 Å². The van der Waals surface area contributed by atoms with Crippen molar-refractivity contribution in [2.45, 2.75) is 19.0 Å². The smallest absolute Gasteiger partial charge is 0.269 e. The van der Waals surface area contributed by atoms with Crippen molar-refractivity contribution >= 4 is 23.6 Å². The van der Waals surface area contributed by atoms with Crippen molar-refractivity contribution < 1.29 is 14.0 Å². The number of amides is 2. The lowest BCUT2D eigenvalue weighted by atomic mass is 10.1. The lowest BCUT2D eigenvalue weighted by molar-refractivity contribution is -0.119. The van der Waals surface area contributed by atoms with Gasteiger partial charge >= 0.3 is 0 Å². The van der Waals surface area contributed by atoms with Crippen LogP contribution in [0.2, 0.25) is 0 Å². The minimum Gasteiger partial charge on any atom is -0.272 e. The highest BCUT2D eigenvalue weighted by Gasteiger charge is 2.18. The molecule has 4 aromatic rings. The van der Waals surface area contributed by atoms with Crippen LogP contribution in [0, 0.1) is 19.7 Å². The van der Waals surface area contributed by atoms with Gasteiger partial charge in [0, 0.05) is 23.5 Å². The first-order valence-corrected chi connectivity index (χ1v) is 11.3. The molecule has 0 fully saturated rings. The maximum Gasteiger partial charge on any atom is 0.269 e. The number of nitrogens with zero attached hydrogens (tertiary/aromatic N) is 4. The molecule has 0 bridgehead atoms. The summed E-state index contributed by atoms with van der Waals surface area (Å²) in [5.41, 5.74) is 8.89. The van der Waals surface area contributed by atoms with E-state index in [9.17, 15) is 14.0 Å². The first kappa shape index (κ1) is 23.1. The summed E-state index contributed by atoms with van der Waals surface area (Å²) in [5.74, 6) is -0.811. The minimum absolute atomic E-state index is 0.0109. The highest BCUT2D eigenvalue weighted by atomic mass is 32.2. The van der Waals surface area contributed by atoms with Crippen molar-refractivity contribution in [1.29, 1.82) is 0 Å². The monoisotopic (exact) mass is 476 g/mol. The van der Waals surface area contributed by atoms with E-state index in [1.54, 1.807) is 12.4 Å². The maximum absolute atomic E-state index is 13.0. The van der Waals surface area contributed by atoms with Crippen LogP contribution < -0.4 is 10.9 Å². The number of hydrazine groups is 1. The van der Waals surface area contributed by atoms with Crippen molar-refractivity contribution in [2.24, 2.45) is 0 Å². The Morgan fingerprint density at radius 2 is 1.68 bits per heavy atom. The van der Waals surface area contributed by atoms with Gasteiger partial charge in [-0.2, -0.15) is 0 Å². The highest BCUT2D eigenvalue weighted by Crippen LogP contribution is 2.28. The summed E-state index contributed by atoms with van der Waals surface area (Å²) in [6.45, 7) is 4.06. The summed E-state index contributed by atoms with van der Waals surface area (Å²) in [4.78, 5) is 28.5. The third-order valence-electron chi connectivity index (χ3n) is 5.07. The van der Waals surface area contributed by atoms with Crippen molar-refractivity contribution in [3.8, 4) is 17.1 Å². The van der Waals surface area contributed by atoms with Crippen molar-refractivity contribution in [3.63, 3.8) is 0 Å². The van der Waals surface area contributed by atoms with E-state index in [1.807, 2.05) is 48.7 Å². The molecule has 2 heterocycles. The minimum atomic E-state index is -0.545. The van der Waals surface area contributed by atoms with E-state index in [1.165, 1.54) is 36.0 Å². The number of benzene rings is 2. The Kier molecular flexibility index (Phi) is 6.98. The molecule has 0 aliphatic heterocycles. The van der Waals surface area contributed by atoms with Crippen LogP contribution >= 0.6 is 11.8 Å². The first-order chi connectivity index (χ1) is 16.4. The van der Waals surface area contributed by atoms with E-state index in [0.29, 0.717) is 11.0 Å². The number of halogens is 1. The van der Waals surface area contributed by atoms with Crippen LogP contribution in [-0.4, -0.2) is 37.3 Å². The molecule has 2 amide bonds. The molecule has 2 aromatic heterocycles. The second kappa shape index (κ2) is 10.3. The number of hydrogen-bond donors (Lipinski definition) is 2. The molecular weight excluding hydrogens is 455 g/mol. The van der Waals surface area contributed by atoms with Gasteiger partial charge in [-0.05, 0) is 73.5 Å². The molecule has 2 N–H and O–H groups in total. The SMILES string of the molecule is Cc1ccc(-n2c(SCC(=O)NNC(=O)c3ccc(F)cc3)nnc2-c2ccncc2)cc1C. The third-order valence-corrected chi connectivity index (χ3v) is 6.00. The van der Waals surface area contributed by atoms with Crippen LogP contribution in [0.25, 0.3) is 17.1 Å². The zero-order valence-electron chi connectivity index (χ0n) is 18.4. The number of carbonyl (C=O) groups excluding carboxylic acids is 2. The predicted molar refractivity (Wildman–Crippen MR) is 127 cm³/mol. The molecule has 2 aromatic carbocycles. The molecule has 0 saturated carbocycles. The zero-order chi connectivity index (χ0) is 24.1. The topological polar surface area (TPSA) is 102 Å². The fourth-order valence-electron chi connectivity index (χ4n) is 3.11. The molecule has 172 valence electrons. The van der Waals surface area contributed by atoms with Crippen LogP contribution in [0.1, 0.15) is 21.5 Å². The second-order valence-electron chi connectivity index (χ2n) is 7.44. The fraction of sp³-hybridized carbons (Fsp3) is 0.125. The molecule has 0 radical (unpaired) electrons. The fourth-order valence-corrected chi connectivity index (χ4v) is 3.87. The molecule has 0 aliphatic carbocycles. The van der Waals surface area contributed by atoms with Crippen LogP contribution in [0.3, 0.4) is 0 Å². The van der Waals surface area contributed by atoms with E-state index >= 15 is 0 Å². The number of carbonyl (C=O) groups is 2. The normalized spacial score (nSPS) is 10.7. The van der Waals surface area contributed by atoms with Gasteiger partial charge in [0.05, 0.1) is 11.4 Å². The van der Waals surface area contributed by atoms with E-state index in [-0.39, 0.29) is 11.3 Å². The van der Waals surface area contributed by atoms with Crippen LogP contribution in [0.5, 0.6) is 0 Å². The summed E-state index contributed by atoms with van der Waals surface area (Å²) < 4.78 is 14.9. The number of thioether (sulfide) groups is 1. The number of pyridine rings is 1. The molecule has 0 saturated heterocycles. The molecule has 0 unspecified atom stereocenters. The van der Waals surface area contributed by atoms with Crippen LogP contribution in [-0.2, 0) is 4.79 Å². The van der Waals surface area contributed by atoms with E-state index < -0.39 is 17.6 Å². The van der Waals surface area contributed by atoms with E-state index in [4.69, 9.17) is 0 Å². The van der Waals surface area contributed by atoms with Gasteiger partial charge in [-0.15, -0.1) is 10.2 Å². The first-order valence-electron chi connectivity index (χ1n) is 10.3. The van der Waals surface area contributed by atoms with Crippen molar-refractivity contribution in [1.82, 2.24) is 30.6 Å². The number of nitrogens with one attached hydrogen (secondary N) is 2.